The molecule has 0 spiro atoms. The lowest BCUT2D eigenvalue weighted by Gasteiger charge is -2.40. The molecule has 1 aliphatic heterocycles. The van der Waals surface area contributed by atoms with Crippen LogP contribution in [0.5, 0.6) is 0 Å². The molecule has 0 bridgehead atoms. The van der Waals surface area contributed by atoms with Gasteiger partial charge in [0.2, 0.25) is 0 Å². The number of aliphatic hydroxyl groups is 1. The average molecular weight is 281 g/mol. The molecule has 2 rings (SSSR count). The molecule has 0 saturated carbocycles. The Bertz CT molecular complexity index is 372. The van der Waals surface area contributed by atoms with Crippen molar-refractivity contribution in [2.45, 2.75) is 58.2 Å². The topological polar surface area (TPSA) is 49.8 Å². The maximum absolute atomic E-state index is 12.2. The van der Waals surface area contributed by atoms with Crippen LogP contribution in [0, 0.1) is 11.8 Å². The van der Waals surface area contributed by atoms with Crippen LogP contribution < -0.4 is 0 Å². The van der Waals surface area contributed by atoms with Crippen LogP contribution in [0.1, 0.15) is 46.5 Å². The highest BCUT2D eigenvalue weighted by molar-refractivity contribution is 5.68. The second-order valence-corrected chi connectivity index (χ2v) is 6.97. The minimum absolute atomic E-state index is 0.146. The van der Waals surface area contributed by atoms with Crippen molar-refractivity contribution in [1.82, 2.24) is 4.90 Å². The van der Waals surface area contributed by atoms with E-state index in [2.05, 4.69) is 12.2 Å². The first-order valence-corrected chi connectivity index (χ1v) is 7.69. The lowest BCUT2D eigenvalue weighted by molar-refractivity contribution is -0.0184. The van der Waals surface area contributed by atoms with Gasteiger partial charge in [0.05, 0.1) is 6.10 Å². The zero-order valence-corrected chi connectivity index (χ0v) is 12.8. The van der Waals surface area contributed by atoms with E-state index in [1.807, 2.05) is 20.8 Å². The lowest BCUT2D eigenvalue weighted by Crippen LogP contribution is -2.49. The third kappa shape index (κ3) is 3.98. The number of ether oxygens (including phenoxy) is 1. The summed E-state index contributed by atoms with van der Waals surface area (Å²) in [6.45, 7) is 6.83. The van der Waals surface area contributed by atoms with Crippen molar-refractivity contribution < 1.29 is 14.6 Å². The quantitative estimate of drug-likeness (QED) is 0.752. The number of rotatable bonds is 1. The van der Waals surface area contributed by atoms with Crippen molar-refractivity contribution >= 4 is 6.09 Å². The molecule has 0 aromatic rings. The minimum Gasteiger partial charge on any atom is -0.444 e. The maximum Gasteiger partial charge on any atom is 0.410 e. The van der Waals surface area contributed by atoms with Gasteiger partial charge in [-0.2, -0.15) is 0 Å². The van der Waals surface area contributed by atoms with Crippen molar-refractivity contribution in [2.75, 3.05) is 13.1 Å². The fourth-order valence-electron chi connectivity index (χ4n) is 3.08. The van der Waals surface area contributed by atoms with Crippen molar-refractivity contribution in [1.29, 1.82) is 0 Å². The van der Waals surface area contributed by atoms with Gasteiger partial charge in [0, 0.05) is 19.0 Å². The molecule has 3 atom stereocenters. The van der Waals surface area contributed by atoms with Gasteiger partial charge in [-0.1, -0.05) is 12.2 Å². The first-order valence-electron chi connectivity index (χ1n) is 7.69. The van der Waals surface area contributed by atoms with Crippen LogP contribution in [0.15, 0.2) is 12.2 Å². The number of hydrogen-bond acceptors (Lipinski definition) is 3. The van der Waals surface area contributed by atoms with Crippen LogP contribution >= 0.6 is 0 Å². The third-order valence-electron chi connectivity index (χ3n) is 4.11. The molecule has 0 aromatic carbocycles. The Morgan fingerprint density at radius 1 is 1.35 bits per heavy atom. The van der Waals surface area contributed by atoms with E-state index in [4.69, 9.17) is 4.74 Å². The van der Waals surface area contributed by atoms with Crippen LogP contribution in [0.2, 0.25) is 0 Å². The van der Waals surface area contributed by atoms with Crippen LogP contribution in [0.4, 0.5) is 4.79 Å². The molecule has 4 nitrogen and oxygen atoms in total. The number of hydrogen-bond donors (Lipinski definition) is 1. The van der Waals surface area contributed by atoms with Gasteiger partial charge in [0.25, 0.3) is 0 Å². The molecule has 2 aliphatic rings. The van der Waals surface area contributed by atoms with Crippen molar-refractivity contribution in [3.8, 4) is 0 Å². The number of carbonyl (C=O) groups is 1. The number of piperidine rings is 1. The smallest absolute Gasteiger partial charge is 0.410 e. The first kappa shape index (κ1) is 15.4. The highest BCUT2D eigenvalue weighted by Crippen LogP contribution is 2.32. The molecule has 1 heterocycles. The predicted molar refractivity (Wildman–Crippen MR) is 78.4 cm³/mol. The molecular weight excluding hydrogens is 254 g/mol. The average Bonchev–Trinajstić information content (AvgIpc) is 2.38. The Morgan fingerprint density at radius 3 is 2.70 bits per heavy atom. The van der Waals surface area contributed by atoms with E-state index in [1.165, 1.54) is 6.42 Å². The van der Waals surface area contributed by atoms with Gasteiger partial charge in [-0.15, -0.1) is 0 Å². The second-order valence-electron chi connectivity index (χ2n) is 6.97. The van der Waals surface area contributed by atoms with E-state index in [1.54, 1.807) is 4.90 Å². The molecule has 2 unspecified atom stereocenters. The second kappa shape index (κ2) is 6.17. The van der Waals surface area contributed by atoms with E-state index in [-0.39, 0.29) is 18.1 Å². The molecule has 1 N–H and O–H groups in total. The van der Waals surface area contributed by atoms with Crippen molar-refractivity contribution in [2.24, 2.45) is 11.8 Å². The normalized spacial score (nSPS) is 31.2. The molecule has 4 heteroatoms. The van der Waals surface area contributed by atoms with E-state index in [0.29, 0.717) is 25.4 Å². The van der Waals surface area contributed by atoms with Crippen molar-refractivity contribution in [3.05, 3.63) is 12.2 Å². The van der Waals surface area contributed by atoms with Gasteiger partial charge in [0.15, 0.2) is 0 Å². The van der Waals surface area contributed by atoms with Gasteiger partial charge in [-0.05, 0) is 52.4 Å². The molecule has 0 radical (unpaired) electrons. The number of likely N-dealkylation sites (tertiary alicyclic amines) is 1. The Labute approximate surface area is 121 Å². The molecule has 1 fully saturated rings. The summed E-state index contributed by atoms with van der Waals surface area (Å²) in [4.78, 5) is 13.9. The van der Waals surface area contributed by atoms with Gasteiger partial charge in [-0.3, -0.25) is 0 Å². The zero-order chi connectivity index (χ0) is 14.8. The lowest BCUT2D eigenvalue weighted by atomic mass is 9.78. The Morgan fingerprint density at radius 2 is 2.10 bits per heavy atom. The van der Waals surface area contributed by atoms with E-state index in [9.17, 15) is 9.90 Å². The van der Waals surface area contributed by atoms with Gasteiger partial charge < -0.3 is 14.7 Å². The molecule has 1 saturated heterocycles. The predicted octanol–water partition coefficient (Wildman–Crippen LogP) is 2.96. The van der Waals surface area contributed by atoms with Crippen LogP contribution in [-0.2, 0) is 4.74 Å². The van der Waals surface area contributed by atoms with E-state index in [0.717, 1.165) is 12.8 Å². The standard InChI is InChI=1S/C16H27NO3/c1-16(2,3)20-15(19)17-10-9-14(18)13(11-17)12-7-5-4-6-8-12/h5,7,12-14,18H,4,6,8-11H2,1-3H3/t12?,13?,14-/m1/s1. The summed E-state index contributed by atoms with van der Waals surface area (Å²) in [6, 6.07) is 0. The first-order chi connectivity index (χ1) is 9.37. The monoisotopic (exact) mass is 281 g/mol. The number of allylic oxidation sites excluding steroid dienone is 2. The molecule has 0 aromatic heterocycles. The van der Waals surface area contributed by atoms with Crippen LogP contribution in [0.25, 0.3) is 0 Å². The summed E-state index contributed by atoms with van der Waals surface area (Å²) < 4.78 is 5.44. The summed E-state index contributed by atoms with van der Waals surface area (Å²) in [5.41, 5.74) is -0.465. The summed E-state index contributed by atoms with van der Waals surface area (Å²) in [5.74, 6) is 0.539. The van der Waals surface area contributed by atoms with Crippen LogP contribution in [0.3, 0.4) is 0 Å². The van der Waals surface area contributed by atoms with E-state index >= 15 is 0 Å². The summed E-state index contributed by atoms with van der Waals surface area (Å²) in [5, 5.41) is 10.2. The number of nitrogens with zero attached hydrogens (tertiary/aromatic N) is 1. The molecule has 1 amide bonds. The Kier molecular flexibility index (Phi) is 4.74. The van der Waals surface area contributed by atoms with Gasteiger partial charge >= 0.3 is 6.09 Å². The number of carbonyl (C=O) groups excluding carboxylic acids is 1. The highest BCUT2D eigenvalue weighted by atomic mass is 16.6. The number of amides is 1. The van der Waals surface area contributed by atoms with Gasteiger partial charge in [0.1, 0.15) is 5.60 Å². The summed E-state index contributed by atoms with van der Waals surface area (Å²) in [6.07, 6.45) is 7.93. The summed E-state index contributed by atoms with van der Waals surface area (Å²) in [7, 11) is 0. The SMILES string of the molecule is CC(C)(C)OC(=O)N1CC[C@@H](O)C(C2C=CCCC2)C1. The zero-order valence-electron chi connectivity index (χ0n) is 12.8. The fraction of sp³-hybridized carbons (Fsp3) is 0.812. The fourth-order valence-corrected chi connectivity index (χ4v) is 3.08. The Balaban J connectivity index is 1.98. The molecule has 1 aliphatic carbocycles. The van der Waals surface area contributed by atoms with Crippen LogP contribution in [-0.4, -0.2) is 40.9 Å². The molecule has 114 valence electrons. The minimum atomic E-state index is -0.465. The van der Waals surface area contributed by atoms with E-state index < -0.39 is 5.60 Å². The summed E-state index contributed by atoms with van der Waals surface area (Å²) >= 11 is 0. The Hall–Kier alpha value is -1.03. The maximum atomic E-state index is 12.2. The van der Waals surface area contributed by atoms with Gasteiger partial charge in [-0.25, -0.2) is 4.79 Å². The highest BCUT2D eigenvalue weighted by Gasteiger charge is 2.36. The largest absolute Gasteiger partial charge is 0.444 e. The molecular formula is C16H27NO3. The molecule has 20 heavy (non-hydrogen) atoms. The third-order valence-corrected chi connectivity index (χ3v) is 4.11. The van der Waals surface area contributed by atoms with Crippen molar-refractivity contribution in [3.63, 3.8) is 0 Å². The number of aliphatic hydroxyl groups excluding tert-OH is 1.